The molecule has 0 aliphatic rings. The van der Waals surface area contributed by atoms with Gasteiger partial charge in [0.05, 0.1) is 0 Å². The smallest absolute Gasteiger partial charge is 0.0419 e. The van der Waals surface area contributed by atoms with Gasteiger partial charge in [-0.15, -0.1) is 0 Å². The van der Waals surface area contributed by atoms with Crippen LogP contribution in [0.2, 0.25) is 0 Å². The van der Waals surface area contributed by atoms with E-state index in [1.807, 2.05) is 6.20 Å². The molecule has 0 bridgehead atoms. The Morgan fingerprint density at radius 2 is 2.06 bits per heavy atom. The summed E-state index contributed by atoms with van der Waals surface area (Å²) in [4.78, 5) is 4.44. The fourth-order valence-electron chi connectivity index (χ4n) is 1.88. The first kappa shape index (κ1) is 14.7. The van der Waals surface area contributed by atoms with Gasteiger partial charge in [0.1, 0.15) is 0 Å². The average molecular weight is 299 g/mol. The number of nitrogens with zero attached hydrogens (tertiary/aromatic N) is 1. The van der Waals surface area contributed by atoms with Crippen molar-refractivity contribution < 1.29 is 0 Å². The van der Waals surface area contributed by atoms with Gasteiger partial charge in [-0.25, -0.2) is 0 Å². The Balaban J connectivity index is 2.50. The number of pyridine rings is 1. The molecule has 0 aromatic carbocycles. The van der Waals surface area contributed by atoms with Gasteiger partial charge in [0, 0.05) is 28.8 Å². The molecule has 0 radical (unpaired) electrons. The minimum atomic E-state index is 0.552. The second kappa shape index (κ2) is 7.83. The highest BCUT2D eigenvalue weighted by atomic mass is 79.9. The molecule has 1 aromatic heterocycles. The maximum Gasteiger partial charge on any atom is 0.0419 e. The highest BCUT2D eigenvalue weighted by Crippen LogP contribution is 2.12. The Hall–Kier alpha value is -0.410. The predicted octanol–water partition coefficient (Wildman–Crippen LogP) is 3.80. The Labute approximate surface area is 113 Å². The first-order chi connectivity index (χ1) is 8.11. The minimum Gasteiger partial charge on any atom is -0.314 e. The molecule has 0 fully saturated rings. The monoisotopic (exact) mass is 298 g/mol. The fraction of sp³-hybridized carbons (Fsp3) is 0.643. The molecule has 0 spiro atoms. The summed E-state index contributed by atoms with van der Waals surface area (Å²) >= 11 is 3.41. The maximum absolute atomic E-state index is 4.44. The van der Waals surface area contributed by atoms with Crippen molar-refractivity contribution >= 4 is 15.9 Å². The highest BCUT2D eigenvalue weighted by molar-refractivity contribution is 9.10. The van der Waals surface area contributed by atoms with E-state index in [9.17, 15) is 0 Å². The second-order valence-electron chi connectivity index (χ2n) is 4.90. The van der Waals surface area contributed by atoms with E-state index in [-0.39, 0.29) is 0 Å². The molecule has 0 saturated heterocycles. The van der Waals surface area contributed by atoms with Gasteiger partial charge in [0.25, 0.3) is 0 Å². The van der Waals surface area contributed by atoms with Crippen molar-refractivity contribution in [3.63, 3.8) is 0 Å². The van der Waals surface area contributed by atoms with E-state index in [1.165, 1.54) is 18.5 Å². The quantitative estimate of drug-likeness (QED) is 0.828. The summed E-state index contributed by atoms with van der Waals surface area (Å²) in [5, 5.41) is 3.55. The van der Waals surface area contributed by atoms with Crippen LogP contribution in [0.25, 0.3) is 0 Å². The minimum absolute atomic E-state index is 0.552. The van der Waals surface area contributed by atoms with Crippen LogP contribution >= 0.6 is 15.9 Å². The van der Waals surface area contributed by atoms with Crippen LogP contribution in [0, 0.1) is 5.92 Å². The van der Waals surface area contributed by atoms with Crippen LogP contribution in [0.1, 0.15) is 39.3 Å². The van der Waals surface area contributed by atoms with Crippen molar-refractivity contribution in [2.24, 2.45) is 5.92 Å². The third-order valence-electron chi connectivity index (χ3n) is 2.83. The summed E-state index contributed by atoms with van der Waals surface area (Å²) in [5.41, 5.74) is 1.17. The molecule has 3 heteroatoms. The van der Waals surface area contributed by atoms with Crippen molar-refractivity contribution in [3.05, 3.63) is 28.5 Å². The largest absolute Gasteiger partial charge is 0.314 e. The van der Waals surface area contributed by atoms with Crippen LogP contribution in [-0.2, 0) is 6.42 Å². The SMILES string of the molecule is CCNC(CCC(C)C)Cc1ccc(Br)cn1. The highest BCUT2D eigenvalue weighted by Gasteiger charge is 2.10. The van der Waals surface area contributed by atoms with Gasteiger partial charge in [-0.3, -0.25) is 4.98 Å². The summed E-state index contributed by atoms with van der Waals surface area (Å²) in [5.74, 6) is 0.772. The Morgan fingerprint density at radius 1 is 1.29 bits per heavy atom. The number of rotatable bonds is 7. The Bertz CT molecular complexity index is 309. The zero-order chi connectivity index (χ0) is 12.7. The standard InChI is InChI=1S/C14H23BrN2/c1-4-16-13(7-5-11(2)3)9-14-8-6-12(15)10-17-14/h6,8,10-11,13,16H,4-5,7,9H2,1-3H3. The topological polar surface area (TPSA) is 24.9 Å². The molecule has 0 amide bonds. The van der Waals surface area contributed by atoms with Crippen molar-refractivity contribution in [2.75, 3.05) is 6.54 Å². The molecule has 2 nitrogen and oxygen atoms in total. The fourth-order valence-corrected chi connectivity index (χ4v) is 2.11. The average Bonchev–Trinajstić information content (AvgIpc) is 2.29. The van der Waals surface area contributed by atoms with E-state index in [0.717, 1.165) is 23.4 Å². The van der Waals surface area contributed by atoms with Crippen LogP contribution in [0.5, 0.6) is 0 Å². The van der Waals surface area contributed by atoms with E-state index >= 15 is 0 Å². The van der Waals surface area contributed by atoms with Gasteiger partial charge < -0.3 is 5.32 Å². The van der Waals surface area contributed by atoms with Crippen molar-refractivity contribution in [1.82, 2.24) is 10.3 Å². The number of hydrogen-bond acceptors (Lipinski definition) is 2. The van der Waals surface area contributed by atoms with Gasteiger partial charge in [0.2, 0.25) is 0 Å². The lowest BCUT2D eigenvalue weighted by Crippen LogP contribution is -2.31. The normalized spacial score (nSPS) is 13.0. The van der Waals surface area contributed by atoms with E-state index in [4.69, 9.17) is 0 Å². The molecule has 0 aliphatic carbocycles. The van der Waals surface area contributed by atoms with E-state index in [1.54, 1.807) is 0 Å². The van der Waals surface area contributed by atoms with Crippen molar-refractivity contribution in [1.29, 1.82) is 0 Å². The zero-order valence-electron chi connectivity index (χ0n) is 11.0. The summed E-state index contributed by atoms with van der Waals surface area (Å²) in [6.45, 7) is 7.75. The lowest BCUT2D eigenvalue weighted by Gasteiger charge is -2.18. The van der Waals surface area contributed by atoms with Crippen molar-refractivity contribution in [2.45, 2.75) is 46.1 Å². The number of halogens is 1. The lowest BCUT2D eigenvalue weighted by atomic mass is 10.00. The molecule has 17 heavy (non-hydrogen) atoms. The van der Waals surface area contributed by atoms with Gasteiger partial charge in [-0.1, -0.05) is 20.8 Å². The van der Waals surface area contributed by atoms with Crippen molar-refractivity contribution in [3.8, 4) is 0 Å². The zero-order valence-corrected chi connectivity index (χ0v) is 12.6. The molecule has 1 heterocycles. The number of hydrogen-bond donors (Lipinski definition) is 1. The molecule has 1 N–H and O–H groups in total. The molecule has 96 valence electrons. The predicted molar refractivity (Wildman–Crippen MR) is 77.2 cm³/mol. The lowest BCUT2D eigenvalue weighted by molar-refractivity contribution is 0.432. The summed E-state index contributed by atoms with van der Waals surface area (Å²) in [7, 11) is 0. The first-order valence-corrected chi connectivity index (χ1v) is 7.25. The molecular weight excluding hydrogens is 276 g/mol. The number of aromatic nitrogens is 1. The molecule has 1 atom stereocenters. The molecule has 0 saturated carbocycles. The van der Waals surface area contributed by atoms with Crippen LogP contribution < -0.4 is 5.32 Å². The summed E-state index contributed by atoms with van der Waals surface area (Å²) in [6, 6.07) is 4.72. The first-order valence-electron chi connectivity index (χ1n) is 6.45. The molecular formula is C14H23BrN2. The third kappa shape index (κ3) is 6.18. The van der Waals surface area contributed by atoms with E-state index in [2.05, 4.69) is 59.1 Å². The maximum atomic E-state index is 4.44. The molecule has 1 aromatic rings. The third-order valence-corrected chi connectivity index (χ3v) is 3.30. The van der Waals surface area contributed by atoms with Crippen LogP contribution in [-0.4, -0.2) is 17.6 Å². The molecule has 0 aliphatic heterocycles. The number of nitrogens with one attached hydrogen (secondary N) is 1. The van der Waals surface area contributed by atoms with Gasteiger partial charge in [-0.2, -0.15) is 0 Å². The molecule has 1 unspecified atom stereocenters. The van der Waals surface area contributed by atoms with Crippen LogP contribution in [0.15, 0.2) is 22.8 Å². The van der Waals surface area contributed by atoms with Crippen LogP contribution in [0.3, 0.4) is 0 Å². The Kier molecular flexibility index (Phi) is 6.75. The van der Waals surface area contributed by atoms with Gasteiger partial charge in [0.15, 0.2) is 0 Å². The van der Waals surface area contributed by atoms with Gasteiger partial charge >= 0.3 is 0 Å². The van der Waals surface area contributed by atoms with E-state index in [0.29, 0.717) is 6.04 Å². The number of likely N-dealkylation sites (N-methyl/N-ethyl adjacent to an activating group) is 1. The molecule has 1 rings (SSSR count). The summed E-state index contributed by atoms with van der Waals surface area (Å²) < 4.78 is 1.04. The summed E-state index contributed by atoms with van der Waals surface area (Å²) in [6.07, 6.45) is 5.39. The van der Waals surface area contributed by atoms with Crippen LogP contribution in [0.4, 0.5) is 0 Å². The second-order valence-corrected chi connectivity index (χ2v) is 5.81. The van der Waals surface area contributed by atoms with E-state index < -0.39 is 0 Å². The Morgan fingerprint density at radius 3 is 2.59 bits per heavy atom. The van der Waals surface area contributed by atoms with Gasteiger partial charge in [-0.05, 0) is 53.4 Å².